The molecule has 2 heteroatoms. The fourth-order valence-corrected chi connectivity index (χ4v) is 1.75. The van der Waals surface area contributed by atoms with Crippen LogP contribution in [0.5, 0.6) is 0 Å². The highest BCUT2D eigenvalue weighted by Crippen LogP contribution is 2.09. The van der Waals surface area contributed by atoms with Crippen molar-refractivity contribution in [2.45, 2.75) is 58.2 Å². The second-order valence-electron chi connectivity index (χ2n) is 3.97. The van der Waals surface area contributed by atoms with E-state index in [4.69, 9.17) is 0 Å². The molecule has 2 nitrogen and oxygen atoms in total. The van der Waals surface area contributed by atoms with Crippen LogP contribution in [0.1, 0.15) is 40.0 Å². The zero-order chi connectivity index (χ0) is 8.97. The third kappa shape index (κ3) is 2.76. The number of nitrogens with one attached hydrogen (secondary N) is 2. The molecule has 0 aromatic rings. The van der Waals surface area contributed by atoms with Gasteiger partial charge in [-0.2, -0.15) is 0 Å². The van der Waals surface area contributed by atoms with Gasteiger partial charge in [0.1, 0.15) is 0 Å². The monoisotopic (exact) mass is 170 g/mol. The first-order valence-electron chi connectivity index (χ1n) is 5.23. The molecule has 72 valence electrons. The van der Waals surface area contributed by atoms with Gasteiger partial charge < -0.3 is 10.6 Å². The quantitative estimate of drug-likeness (QED) is 0.671. The second kappa shape index (κ2) is 4.83. The average molecular weight is 170 g/mol. The van der Waals surface area contributed by atoms with Gasteiger partial charge in [0.15, 0.2) is 0 Å². The lowest BCUT2D eigenvalue weighted by Crippen LogP contribution is -2.52. The van der Waals surface area contributed by atoms with E-state index >= 15 is 0 Å². The van der Waals surface area contributed by atoms with Crippen molar-refractivity contribution in [3.05, 3.63) is 0 Å². The molecule has 12 heavy (non-hydrogen) atoms. The highest BCUT2D eigenvalue weighted by Gasteiger charge is 2.20. The highest BCUT2D eigenvalue weighted by atomic mass is 15.0. The van der Waals surface area contributed by atoms with Crippen LogP contribution < -0.4 is 10.6 Å². The topological polar surface area (TPSA) is 24.1 Å². The van der Waals surface area contributed by atoms with Crippen molar-refractivity contribution < 1.29 is 0 Å². The molecule has 3 atom stereocenters. The van der Waals surface area contributed by atoms with Crippen LogP contribution in [0.2, 0.25) is 0 Å². The Bertz CT molecular complexity index is 125. The third-order valence-corrected chi connectivity index (χ3v) is 2.87. The van der Waals surface area contributed by atoms with Gasteiger partial charge in [0.2, 0.25) is 0 Å². The van der Waals surface area contributed by atoms with Gasteiger partial charge >= 0.3 is 0 Å². The summed E-state index contributed by atoms with van der Waals surface area (Å²) in [6.07, 6.45) is 3.88. The summed E-state index contributed by atoms with van der Waals surface area (Å²) in [4.78, 5) is 0. The molecule has 1 rings (SSSR count). The summed E-state index contributed by atoms with van der Waals surface area (Å²) in [6, 6.07) is 2.00. The van der Waals surface area contributed by atoms with Crippen molar-refractivity contribution in [2.24, 2.45) is 0 Å². The molecule has 0 saturated carbocycles. The van der Waals surface area contributed by atoms with E-state index in [1.54, 1.807) is 0 Å². The molecule has 1 saturated heterocycles. The molecule has 0 aliphatic carbocycles. The summed E-state index contributed by atoms with van der Waals surface area (Å²) in [5.41, 5.74) is 0. The van der Waals surface area contributed by atoms with Crippen LogP contribution in [0.3, 0.4) is 0 Å². The Balaban J connectivity index is 2.28. The summed E-state index contributed by atoms with van der Waals surface area (Å²) < 4.78 is 0. The van der Waals surface area contributed by atoms with E-state index in [1.807, 2.05) is 0 Å². The lowest BCUT2D eigenvalue weighted by Gasteiger charge is -2.32. The number of rotatable bonds is 3. The van der Waals surface area contributed by atoms with E-state index < -0.39 is 0 Å². The van der Waals surface area contributed by atoms with Crippen LogP contribution in [0, 0.1) is 0 Å². The molecule has 0 spiro atoms. The van der Waals surface area contributed by atoms with E-state index in [-0.39, 0.29) is 0 Å². The molecule has 0 amide bonds. The summed E-state index contributed by atoms with van der Waals surface area (Å²) in [7, 11) is 0. The van der Waals surface area contributed by atoms with Crippen molar-refractivity contribution in [2.75, 3.05) is 6.54 Å². The van der Waals surface area contributed by atoms with Crippen LogP contribution in [0.15, 0.2) is 0 Å². The maximum atomic E-state index is 3.66. The highest BCUT2D eigenvalue weighted by molar-refractivity contribution is 4.84. The standard InChI is InChI=1S/C10H22N2/c1-4-8(2)12-10-6-5-7-11-9(10)3/h8-12H,4-7H2,1-3H3. The number of hydrogen-bond acceptors (Lipinski definition) is 2. The Morgan fingerprint density at radius 3 is 2.92 bits per heavy atom. The molecular formula is C10H22N2. The van der Waals surface area contributed by atoms with Crippen LogP contribution >= 0.6 is 0 Å². The van der Waals surface area contributed by atoms with E-state index in [9.17, 15) is 0 Å². The second-order valence-corrected chi connectivity index (χ2v) is 3.97. The van der Waals surface area contributed by atoms with Gasteiger partial charge in [-0.3, -0.25) is 0 Å². The smallest absolute Gasteiger partial charge is 0.0221 e. The van der Waals surface area contributed by atoms with Gasteiger partial charge in [-0.05, 0) is 39.7 Å². The minimum absolute atomic E-state index is 0.646. The van der Waals surface area contributed by atoms with Crippen LogP contribution in [0.25, 0.3) is 0 Å². The molecule has 1 aliphatic rings. The maximum Gasteiger partial charge on any atom is 0.0221 e. The van der Waals surface area contributed by atoms with Crippen LogP contribution in [0.4, 0.5) is 0 Å². The van der Waals surface area contributed by atoms with Gasteiger partial charge in [-0.25, -0.2) is 0 Å². The first-order chi connectivity index (χ1) is 5.74. The molecule has 0 bridgehead atoms. The lowest BCUT2D eigenvalue weighted by atomic mass is 9.99. The molecule has 0 aromatic heterocycles. The number of piperidine rings is 1. The summed E-state index contributed by atoms with van der Waals surface area (Å²) in [5.74, 6) is 0. The van der Waals surface area contributed by atoms with Crippen molar-refractivity contribution in [1.29, 1.82) is 0 Å². The average Bonchev–Trinajstić information content (AvgIpc) is 2.09. The Morgan fingerprint density at radius 2 is 2.33 bits per heavy atom. The summed E-state index contributed by atoms with van der Waals surface area (Å²) in [6.45, 7) is 7.97. The zero-order valence-corrected chi connectivity index (χ0v) is 8.56. The van der Waals surface area contributed by atoms with Crippen molar-refractivity contribution in [3.8, 4) is 0 Å². The fraction of sp³-hybridized carbons (Fsp3) is 1.00. The number of hydrogen-bond donors (Lipinski definition) is 2. The Kier molecular flexibility index (Phi) is 4.02. The molecule has 1 aliphatic heterocycles. The van der Waals surface area contributed by atoms with E-state index in [1.165, 1.54) is 25.8 Å². The Labute approximate surface area is 76.1 Å². The molecule has 0 aromatic carbocycles. The van der Waals surface area contributed by atoms with Gasteiger partial charge in [-0.1, -0.05) is 6.92 Å². The van der Waals surface area contributed by atoms with Gasteiger partial charge in [0, 0.05) is 18.1 Å². The van der Waals surface area contributed by atoms with Crippen molar-refractivity contribution >= 4 is 0 Å². The Hall–Kier alpha value is -0.0800. The molecule has 3 unspecified atom stereocenters. The van der Waals surface area contributed by atoms with Gasteiger partial charge in [-0.15, -0.1) is 0 Å². The van der Waals surface area contributed by atoms with Crippen molar-refractivity contribution in [1.82, 2.24) is 10.6 Å². The van der Waals surface area contributed by atoms with E-state index in [0.29, 0.717) is 18.1 Å². The normalized spacial score (nSPS) is 33.2. The minimum atomic E-state index is 0.646. The first-order valence-corrected chi connectivity index (χ1v) is 5.23. The van der Waals surface area contributed by atoms with Crippen LogP contribution in [-0.2, 0) is 0 Å². The van der Waals surface area contributed by atoms with Crippen LogP contribution in [-0.4, -0.2) is 24.7 Å². The maximum absolute atomic E-state index is 3.66. The molecule has 2 N–H and O–H groups in total. The molecule has 1 heterocycles. The predicted octanol–water partition coefficient (Wildman–Crippen LogP) is 1.51. The van der Waals surface area contributed by atoms with Gasteiger partial charge in [0.25, 0.3) is 0 Å². The van der Waals surface area contributed by atoms with Crippen molar-refractivity contribution in [3.63, 3.8) is 0 Å². The zero-order valence-electron chi connectivity index (χ0n) is 8.56. The summed E-state index contributed by atoms with van der Waals surface area (Å²) >= 11 is 0. The van der Waals surface area contributed by atoms with E-state index in [0.717, 1.165) is 0 Å². The third-order valence-electron chi connectivity index (χ3n) is 2.87. The van der Waals surface area contributed by atoms with E-state index in [2.05, 4.69) is 31.4 Å². The SMILES string of the molecule is CCC(C)NC1CCCNC1C. The summed E-state index contributed by atoms with van der Waals surface area (Å²) in [5, 5.41) is 7.15. The minimum Gasteiger partial charge on any atom is -0.313 e. The van der Waals surface area contributed by atoms with Gasteiger partial charge in [0.05, 0.1) is 0 Å². The molecule has 0 radical (unpaired) electrons. The lowest BCUT2D eigenvalue weighted by molar-refractivity contribution is 0.293. The first kappa shape index (κ1) is 10.0. The predicted molar refractivity (Wildman–Crippen MR) is 53.4 cm³/mol. The largest absolute Gasteiger partial charge is 0.313 e. The molecule has 1 fully saturated rings. The fourth-order valence-electron chi connectivity index (χ4n) is 1.75. The Morgan fingerprint density at radius 1 is 1.58 bits per heavy atom. The molecular weight excluding hydrogens is 148 g/mol.